The maximum Gasteiger partial charge on any atom is 0.127 e. The van der Waals surface area contributed by atoms with Gasteiger partial charge in [0.05, 0.1) is 16.4 Å². The van der Waals surface area contributed by atoms with Gasteiger partial charge in [-0.15, -0.1) is 11.6 Å². The van der Waals surface area contributed by atoms with Crippen molar-refractivity contribution in [3.63, 3.8) is 0 Å². The van der Waals surface area contributed by atoms with Gasteiger partial charge in [0.1, 0.15) is 5.82 Å². The summed E-state index contributed by atoms with van der Waals surface area (Å²) in [5, 5.41) is -0.0490. The molecule has 0 aliphatic heterocycles. The zero-order valence-electron chi connectivity index (χ0n) is 10.5. The van der Waals surface area contributed by atoms with E-state index in [1.54, 1.807) is 0 Å². The molecule has 0 bridgehead atoms. The molecule has 1 fully saturated rings. The van der Waals surface area contributed by atoms with E-state index >= 15 is 0 Å². The molecule has 1 aliphatic rings. The number of hydrogen-bond donors (Lipinski definition) is 0. The van der Waals surface area contributed by atoms with Gasteiger partial charge in [0.2, 0.25) is 0 Å². The van der Waals surface area contributed by atoms with Crippen molar-refractivity contribution in [1.82, 2.24) is 9.55 Å². The van der Waals surface area contributed by atoms with Gasteiger partial charge in [-0.2, -0.15) is 0 Å². The van der Waals surface area contributed by atoms with E-state index in [0.717, 1.165) is 21.7 Å². The van der Waals surface area contributed by atoms with Crippen molar-refractivity contribution in [3.8, 4) is 0 Å². The fourth-order valence-corrected chi connectivity index (χ4v) is 3.33. The van der Waals surface area contributed by atoms with E-state index in [1.807, 2.05) is 6.92 Å². The molecule has 0 spiro atoms. The number of imidazole rings is 1. The van der Waals surface area contributed by atoms with Gasteiger partial charge in [0, 0.05) is 10.5 Å². The normalized spacial score (nSPS) is 25.1. The van der Waals surface area contributed by atoms with E-state index in [0.29, 0.717) is 6.04 Å². The summed E-state index contributed by atoms with van der Waals surface area (Å²) in [5.41, 5.74) is 2.24. The Hall–Kier alpha value is -0.540. The van der Waals surface area contributed by atoms with Gasteiger partial charge < -0.3 is 4.57 Å². The summed E-state index contributed by atoms with van der Waals surface area (Å²) in [6, 6.07) is 6.85. The molecule has 2 nitrogen and oxygen atoms in total. The molecule has 1 unspecified atom stereocenters. The highest BCUT2D eigenvalue weighted by atomic mass is 79.9. The van der Waals surface area contributed by atoms with Crippen LogP contribution in [0.15, 0.2) is 22.7 Å². The first kappa shape index (κ1) is 12.5. The molecule has 1 saturated carbocycles. The largest absolute Gasteiger partial charge is 0.324 e. The highest BCUT2D eigenvalue weighted by Gasteiger charge is 2.30. The zero-order valence-corrected chi connectivity index (χ0v) is 12.9. The van der Waals surface area contributed by atoms with Gasteiger partial charge in [0.15, 0.2) is 0 Å². The number of alkyl halides is 1. The Bertz CT molecular complexity index is 585. The standard InChI is InChI=1S/C14H16BrClN2/c1-8-5-11(6-8)18-13-4-3-10(15)7-12(13)17-14(18)9(2)16/h3-4,7-9,11H,5-6H2,1-2H3. The lowest BCUT2D eigenvalue weighted by atomic mass is 9.81. The second-order valence-electron chi connectivity index (χ2n) is 5.32. The number of fused-ring (bicyclic) bond motifs is 1. The summed E-state index contributed by atoms with van der Waals surface area (Å²) in [4.78, 5) is 4.70. The highest BCUT2D eigenvalue weighted by molar-refractivity contribution is 9.10. The van der Waals surface area contributed by atoms with E-state index in [2.05, 4.69) is 45.6 Å². The Labute approximate surface area is 120 Å². The highest BCUT2D eigenvalue weighted by Crippen LogP contribution is 2.41. The molecule has 0 radical (unpaired) electrons. The second-order valence-corrected chi connectivity index (χ2v) is 6.89. The molecule has 4 heteroatoms. The van der Waals surface area contributed by atoms with Crippen molar-refractivity contribution in [1.29, 1.82) is 0 Å². The molecule has 0 amide bonds. The Morgan fingerprint density at radius 3 is 2.78 bits per heavy atom. The monoisotopic (exact) mass is 326 g/mol. The fraction of sp³-hybridized carbons (Fsp3) is 0.500. The molecule has 3 rings (SSSR count). The topological polar surface area (TPSA) is 17.8 Å². The van der Waals surface area contributed by atoms with Crippen molar-refractivity contribution in [2.24, 2.45) is 5.92 Å². The van der Waals surface area contributed by atoms with Crippen molar-refractivity contribution in [2.75, 3.05) is 0 Å². The predicted octanol–water partition coefficient (Wildman–Crippen LogP) is 5.07. The average Bonchev–Trinajstić information content (AvgIpc) is 2.63. The van der Waals surface area contributed by atoms with Crippen LogP contribution in [0.2, 0.25) is 0 Å². The fourth-order valence-electron chi connectivity index (χ4n) is 2.83. The van der Waals surface area contributed by atoms with E-state index in [9.17, 15) is 0 Å². The van der Waals surface area contributed by atoms with E-state index in [4.69, 9.17) is 16.6 Å². The minimum absolute atomic E-state index is 0.0490. The molecule has 2 aromatic rings. The summed E-state index contributed by atoms with van der Waals surface area (Å²) in [6.45, 7) is 4.30. The van der Waals surface area contributed by atoms with Crippen LogP contribution in [0.25, 0.3) is 11.0 Å². The Balaban J connectivity index is 2.16. The van der Waals surface area contributed by atoms with E-state index < -0.39 is 0 Å². The number of halogens is 2. The molecule has 96 valence electrons. The second kappa shape index (κ2) is 4.53. The minimum Gasteiger partial charge on any atom is -0.324 e. The summed E-state index contributed by atoms with van der Waals surface area (Å²) >= 11 is 9.78. The van der Waals surface area contributed by atoms with Crippen molar-refractivity contribution in [3.05, 3.63) is 28.5 Å². The van der Waals surface area contributed by atoms with Crippen LogP contribution in [0.3, 0.4) is 0 Å². The van der Waals surface area contributed by atoms with Crippen LogP contribution in [0.5, 0.6) is 0 Å². The minimum atomic E-state index is -0.0490. The summed E-state index contributed by atoms with van der Waals surface area (Å²) in [5.74, 6) is 1.82. The van der Waals surface area contributed by atoms with Crippen LogP contribution in [0, 0.1) is 5.92 Å². The first-order valence-electron chi connectivity index (χ1n) is 6.37. The summed E-state index contributed by atoms with van der Waals surface area (Å²) in [6.07, 6.45) is 2.47. The number of benzene rings is 1. The molecule has 1 atom stereocenters. The van der Waals surface area contributed by atoms with Crippen LogP contribution >= 0.6 is 27.5 Å². The van der Waals surface area contributed by atoms with E-state index in [1.165, 1.54) is 18.4 Å². The molecule has 1 aliphatic carbocycles. The van der Waals surface area contributed by atoms with Crippen LogP contribution in [-0.2, 0) is 0 Å². The number of hydrogen-bond acceptors (Lipinski definition) is 1. The third-order valence-corrected chi connectivity index (χ3v) is 4.44. The molecule has 1 aromatic carbocycles. The zero-order chi connectivity index (χ0) is 12.9. The molecule has 1 heterocycles. The van der Waals surface area contributed by atoms with Crippen LogP contribution in [0.1, 0.15) is 43.9 Å². The molecule has 0 N–H and O–H groups in total. The predicted molar refractivity (Wildman–Crippen MR) is 79.1 cm³/mol. The SMILES string of the molecule is CC1CC(n2c(C(C)Cl)nc3cc(Br)ccc32)C1. The Kier molecular flexibility index (Phi) is 3.15. The van der Waals surface area contributed by atoms with Gasteiger partial charge in [-0.05, 0) is 43.9 Å². The first-order valence-corrected chi connectivity index (χ1v) is 7.60. The van der Waals surface area contributed by atoms with Crippen LogP contribution < -0.4 is 0 Å². The molecule has 18 heavy (non-hydrogen) atoms. The van der Waals surface area contributed by atoms with Gasteiger partial charge in [-0.1, -0.05) is 22.9 Å². The van der Waals surface area contributed by atoms with E-state index in [-0.39, 0.29) is 5.38 Å². The number of rotatable bonds is 2. The molecule has 0 saturated heterocycles. The third-order valence-electron chi connectivity index (χ3n) is 3.75. The van der Waals surface area contributed by atoms with Crippen molar-refractivity contribution >= 4 is 38.6 Å². The molecule has 1 aromatic heterocycles. The Morgan fingerprint density at radius 1 is 1.44 bits per heavy atom. The molecular weight excluding hydrogens is 312 g/mol. The third kappa shape index (κ3) is 1.97. The number of aromatic nitrogens is 2. The van der Waals surface area contributed by atoms with Gasteiger partial charge in [-0.25, -0.2) is 4.98 Å². The summed E-state index contributed by atoms with van der Waals surface area (Å²) < 4.78 is 3.41. The lowest BCUT2D eigenvalue weighted by Gasteiger charge is -2.35. The van der Waals surface area contributed by atoms with Crippen LogP contribution in [-0.4, -0.2) is 9.55 Å². The maximum absolute atomic E-state index is 6.29. The van der Waals surface area contributed by atoms with Crippen molar-refractivity contribution < 1.29 is 0 Å². The average molecular weight is 328 g/mol. The van der Waals surface area contributed by atoms with Crippen molar-refractivity contribution in [2.45, 2.75) is 38.1 Å². The lowest BCUT2D eigenvalue weighted by Crippen LogP contribution is -2.26. The van der Waals surface area contributed by atoms with Gasteiger partial charge >= 0.3 is 0 Å². The maximum atomic E-state index is 6.29. The quantitative estimate of drug-likeness (QED) is 0.704. The first-order chi connectivity index (χ1) is 8.56. The van der Waals surface area contributed by atoms with Gasteiger partial charge in [0.25, 0.3) is 0 Å². The van der Waals surface area contributed by atoms with Gasteiger partial charge in [-0.3, -0.25) is 0 Å². The molecular formula is C14H16BrClN2. The summed E-state index contributed by atoms with van der Waals surface area (Å²) in [7, 11) is 0. The Morgan fingerprint density at radius 2 is 2.17 bits per heavy atom. The van der Waals surface area contributed by atoms with Crippen LogP contribution in [0.4, 0.5) is 0 Å². The smallest absolute Gasteiger partial charge is 0.127 e. The number of nitrogens with zero attached hydrogens (tertiary/aromatic N) is 2. The lowest BCUT2D eigenvalue weighted by molar-refractivity contribution is 0.216.